The zero-order valence-electron chi connectivity index (χ0n) is 5.32. The number of hydrogen-bond acceptors (Lipinski definition) is 3. The molecule has 0 fully saturated rings. The van der Waals surface area contributed by atoms with Gasteiger partial charge in [0.15, 0.2) is 0 Å². The molecule has 0 rings (SSSR count). The summed E-state index contributed by atoms with van der Waals surface area (Å²) in [5, 5.41) is 0. The van der Waals surface area contributed by atoms with Crippen LogP contribution < -0.4 is 0 Å². The average Bonchev–Trinajstić information content (AvgIpc) is 1.12. The fraction of sp³-hybridized carbons (Fsp3) is 0. The van der Waals surface area contributed by atoms with E-state index in [0.717, 1.165) is 0 Å². The zero-order chi connectivity index (χ0) is 9.00. The molecule has 12 heteroatoms. The average molecular weight is 312 g/mol. The first-order valence-electron chi connectivity index (χ1n) is 1.48. The van der Waals surface area contributed by atoms with E-state index in [2.05, 4.69) is 0 Å². The van der Waals surface area contributed by atoms with E-state index in [9.17, 15) is 0 Å². The van der Waals surface area contributed by atoms with E-state index in [0.29, 0.717) is 0 Å². The zero-order valence-corrected chi connectivity index (χ0v) is 10.6. The van der Waals surface area contributed by atoms with Crippen molar-refractivity contribution in [2.75, 3.05) is 0 Å². The van der Waals surface area contributed by atoms with Crippen LogP contribution in [-0.4, -0.2) is 23.0 Å². The molecule has 0 aliphatic rings. The molecular formula is H5CrO8PTi2. The molecule has 12 heavy (non-hydrogen) atoms. The summed E-state index contributed by atoms with van der Waals surface area (Å²) in [5.41, 5.74) is 0. The van der Waals surface area contributed by atoms with Crippen LogP contribution in [0, 0.1) is 0 Å². The third kappa shape index (κ3) is 514. The van der Waals surface area contributed by atoms with Gasteiger partial charge in [-0.05, 0) is 0 Å². The molecule has 0 aromatic heterocycles. The molecule has 0 atom stereocenters. The maximum absolute atomic E-state index is 8.88. The molecule has 0 radical (unpaired) electrons. The van der Waals surface area contributed by atoms with Crippen molar-refractivity contribution in [1.82, 2.24) is 0 Å². The summed E-state index contributed by atoms with van der Waals surface area (Å²) in [6.45, 7) is 0. The van der Waals surface area contributed by atoms with Crippen molar-refractivity contribution in [3.8, 4) is 0 Å². The fourth-order valence-corrected chi connectivity index (χ4v) is 0. The first kappa shape index (κ1) is 23.4. The van der Waals surface area contributed by atoms with Gasteiger partial charge in [-0.15, -0.1) is 0 Å². The Hall–Kier alpha value is 1.59. The Morgan fingerprint density at radius 2 is 0.917 bits per heavy atom. The SMILES string of the molecule is O=P(O)(O)O.[O]=[Cr](=[O])([OH])[OH].[Ti].[Ti]. The Morgan fingerprint density at radius 1 is 0.917 bits per heavy atom. The smallest absolute Gasteiger partial charge is 0 e. The van der Waals surface area contributed by atoms with Gasteiger partial charge in [-0.25, -0.2) is 4.57 Å². The van der Waals surface area contributed by atoms with Crippen molar-refractivity contribution in [3.05, 3.63) is 0 Å². The molecule has 0 spiro atoms. The van der Waals surface area contributed by atoms with Gasteiger partial charge in [-0.2, -0.15) is 0 Å². The van der Waals surface area contributed by atoms with Gasteiger partial charge in [0.2, 0.25) is 0 Å². The molecule has 0 unspecified atom stereocenters. The van der Waals surface area contributed by atoms with Crippen LogP contribution in [0.5, 0.6) is 0 Å². The van der Waals surface area contributed by atoms with E-state index >= 15 is 0 Å². The van der Waals surface area contributed by atoms with E-state index in [1.165, 1.54) is 0 Å². The molecule has 0 aromatic carbocycles. The Morgan fingerprint density at radius 3 is 0.917 bits per heavy atom. The standard InChI is InChI=1S/Cr.H3O4P.2H2O.2O.2Ti/c;1-5(2,3)4;;;;;;/h;(H3,1,2,3,4);2*1H2;;;;/q+2;;;;;;;/p-2. The Bertz CT molecular complexity index is 195. The summed E-state index contributed by atoms with van der Waals surface area (Å²) in [5.74, 6) is 0. The van der Waals surface area contributed by atoms with Crippen molar-refractivity contribution in [1.29, 1.82) is 0 Å². The van der Waals surface area contributed by atoms with Gasteiger partial charge >= 0.3 is 37.4 Å². The minimum atomic E-state index is -5.25. The Balaban J connectivity index is -0.0000000457. The molecule has 0 heterocycles. The number of rotatable bonds is 0. The monoisotopic (exact) mass is 312 g/mol. The van der Waals surface area contributed by atoms with Gasteiger partial charge < -0.3 is 14.7 Å². The first-order valence-corrected chi connectivity index (χ1v) is 5.23. The van der Waals surface area contributed by atoms with Crippen LogP contribution in [0.25, 0.3) is 0 Å². The second-order valence-corrected chi connectivity index (χ2v) is 3.39. The van der Waals surface area contributed by atoms with E-state index in [1.807, 2.05) is 0 Å². The molecule has 0 aromatic rings. The minimum absolute atomic E-state index is 0. The molecule has 5 N–H and O–H groups in total. The van der Waals surface area contributed by atoms with Crippen LogP contribution >= 0.6 is 7.82 Å². The summed E-state index contributed by atoms with van der Waals surface area (Å²) < 4.78 is 40.8. The van der Waals surface area contributed by atoms with Crippen molar-refractivity contribution < 1.29 is 92.2 Å². The molecular weight excluding hydrogens is 307 g/mol. The predicted molar refractivity (Wildman–Crippen MR) is 20.1 cm³/mol. The van der Waals surface area contributed by atoms with Gasteiger partial charge in [0.1, 0.15) is 0 Å². The molecule has 0 saturated carbocycles. The molecule has 0 aliphatic carbocycles. The third-order valence-electron chi connectivity index (χ3n) is 0. The first-order chi connectivity index (χ1) is 4.00. The molecule has 8 nitrogen and oxygen atoms in total. The third-order valence-corrected chi connectivity index (χ3v) is 0. The quantitative estimate of drug-likeness (QED) is 0.247. The van der Waals surface area contributed by atoms with Gasteiger partial charge in [-0.3, -0.25) is 0 Å². The van der Waals surface area contributed by atoms with E-state index in [-0.39, 0.29) is 43.4 Å². The summed E-state index contributed by atoms with van der Waals surface area (Å²) >= 11 is -5.25. The van der Waals surface area contributed by atoms with Crippen molar-refractivity contribution in [3.63, 3.8) is 0 Å². The van der Waals surface area contributed by atoms with E-state index < -0.39 is 21.4 Å². The Kier molecular flexibility index (Phi) is 17.9. The predicted octanol–water partition coefficient (Wildman–Crippen LogP) is -2.29. The summed E-state index contributed by atoms with van der Waals surface area (Å²) in [4.78, 5) is 21.6. The largest absolute Gasteiger partial charge is 0 e. The van der Waals surface area contributed by atoms with Crippen molar-refractivity contribution in [2.45, 2.75) is 0 Å². The van der Waals surface area contributed by atoms with Crippen LogP contribution in [0.4, 0.5) is 0 Å². The number of hydrogen-bond donors (Lipinski definition) is 5. The normalized spacial score (nSPS) is 9.75. The molecule has 0 bridgehead atoms. The van der Waals surface area contributed by atoms with Crippen LogP contribution in [-0.2, 0) is 69.2 Å². The van der Waals surface area contributed by atoms with E-state index in [4.69, 9.17) is 35.2 Å². The Labute approximate surface area is 99.4 Å². The van der Waals surface area contributed by atoms with Crippen LogP contribution in [0.15, 0.2) is 0 Å². The second kappa shape index (κ2) is 9.16. The van der Waals surface area contributed by atoms with Crippen molar-refractivity contribution in [2.24, 2.45) is 0 Å². The van der Waals surface area contributed by atoms with Crippen LogP contribution in [0.3, 0.4) is 0 Å². The maximum atomic E-state index is 8.88. The minimum Gasteiger partial charge on any atom is 0 e. The second-order valence-electron chi connectivity index (χ2n) is 0.961. The fourth-order valence-electron chi connectivity index (χ4n) is 0. The summed E-state index contributed by atoms with van der Waals surface area (Å²) in [6.07, 6.45) is 0. The maximum Gasteiger partial charge on any atom is 0 e. The summed E-state index contributed by atoms with van der Waals surface area (Å²) in [7, 11) is -4.64. The van der Waals surface area contributed by atoms with Gasteiger partial charge in [-0.1, -0.05) is 0 Å². The molecule has 0 amide bonds. The molecule has 0 saturated heterocycles. The van der Waals surface area contributed by atoms with E-state index in [1.54, 1.807) is 0 Å². The summed E-state index contributed by atoms with van der Waals surface area (Å²) in [6, 6.07) is 0. The van der Waals surface area contributed by atoms with Gasteiger partial charge in [0.05, 0.1) is 0 Å². The molecule has 72 valence electrons. The van der Waals surface area contributed by atoms with Gasteiger partial charge in [0, 0.05) is 43.4 Å². The topological polar surface area (TPSA) is 152 Å². The van der Waals surface area contributed by atoms with Crippen LogP contribution in [0.1, 0.15) is 0 Å². The number of phosphoric acid groups is 1. The van der Waals surface area contributed by atoms with Crippen LogP contribution in [0.2, 0.25) is 0 Å². The van der Waals surface area contributed by atoms with Gasteiger partial charge in [0.25, 0.3) is 0 Å². The molecule has 0 aliphatic heterocycles. The van der Waals surface area contributed by atoms with Crippen molar-refractivity contribution >= 4 is 7.82 Å².